The summed E-state index contributed by atoms with van der Waals surface area (Å²) in [5.41, 5.74) is 6.22. The van der Waals surface area contributed by atoms with Gasteiger partial charge in [-0.1, -0.05) is 13.3 Å². The van der Waals surface area contributed by atoms with Crippen molar-refractivity contribution in [3.8, 4) is 0 Å². The van der Waals surface area contributed by atoms with E-state index in [0.717, 1.165) is 24.5 Å². The highest BCUT2D eigenvalue weighted by molar-refractivity contribution is 7.11. The molecule has 0 aliphatic carbocycles. The number of carbonyl (C=O) groups is 1. The second-order valence-electron chi connectivity index (χ2n) is 4.48. The first-order valence-electron chi connectivity index (χ1n) is 6.34. The molecule has 1 aliphatic rings. The minimum Gasteiger partial charge on any atom is -0.462 e. The van der Waals surface area contributed by atoms with Crippen molar-refractivity contribution >= 4 is 28.3 Å². The van der Waals surface area contributed by atoms with Crippen LogP contribution in [0.3, 0.4) is 0 Å². The first-order valence-corrected chi connectivity index (χ1v) is 7.11. The van der Waals surface area contributed by atoms with E-state index in [0.29, 0.717) is 18.1 Å². The predicted octanol–water partition coefficient (Wildman–Crippen LogP) is 2.14. The van der Waals surface area contributed by atoms with E-state index in [9.17, 15) is 4.79 Å². The monoisotopic (exact) mass is 269 g/mol. The van der Waals surface area contributed by atoms with Crippen LogP contribution in [0, 0.1) is 5.92 Å². The van der Waals surface area contributed by atoms with Crippen LogP contribution in [0.4, 0.5) is 10.8 Å². The Balaban J connectivity index is 2.21. The summed E-state index contributed by atoms with van der Waals surface area (Å²) in [6.07, 6.45) is 2.33. The summed E-state index contributed by atoms with van der Waals surface area (Å²) in [4.78, 5) is 14.1. The highest BCUT2D eigenvalue weighted by atomic mass is 32.1. The van der Waals surface area contributed by atoms with Gasteiger partial charge in [-0.3, -0.25) is 0 Å². The van der Waals surface area contributed by atoms with Crippen LogP contribution in [0.1, 0.15) is 37.0 Å². The quantitative estimate of drug-likeness (QED) is 0.848. The van der Waals surface area contributed by atoms with Crippen molar-refractivity contribution in [2.45, 2.75) is 26.7 Å². The highest BCUT2D eigenvalue weighted by Crippen LogP contribution is 2.35. The van der Waals surface area contributed by atoms with E-state index in [-0.39, 0.29) is 11.8 Å². The Kier molecular flexibility index (Phi) is 4.06. The van der Waals surface area contributed by atoms with Gasteiger partial charge in [0.1, 0.15) is 10.6 Å². The van der Waals surface area contributed by atoms with Crippen molar-refractivity contribution in [2.24, 2.45) is 5.92 Å². The second-order valence-corrected chi connectivity index (χ2v) is 5.23. The molecule has 0 spiro atoms. The molecule has 1 aromatic heterocycles. The molecule has 1 aliphatic heterocycles. The van der Waals surface area contributed by atoms with E-state index in [1.54, 1.807) is 6.92 Å². The number of aromatic nitrogens is 1. The number of nitrogens with zero attached hydrogens (tertiary/aromatic N) is 2. The van der Waals surface area contributed by atoms with Crippen LogP contribution in [0.2, 0.25) is 0 Å². The van der Waals surface area contributed by atoms with Gasteiger partial charge >= 0.3 is 5.97 Å². The predicted molar refractivity (Wildman–Crippen MR) is 73.1 cm³/mol. The lowest BCUT2D eigenvalue weighted by molar-refractivity contribution is 0.0528. The number of hydrogen-bond acceptors (Lipinski definition) is 6. The first-order chi connectivity index (χ1) is 8.67. The number of carbonyl (C=O) groups excluding carboxylic acids is 1. The molecule has 2 heterocycles. The molecule has 1 atom stereocenters. The van der Waals surface area contributed by atoms with Gasteiger partial charge in [0.15, 0.2) is 5.82 Å². The van der Waals surface area contributed by atoms with E-state index >= 15 is 0 Å². The molecule has 0 aromatic carbocycles. The Bertz CT molecular complexity index is 433. The van der Waals surface area contributed by atoms with Gasteiger partial charge in [-0.05, 0) is 30.8 Å². The fourth-order valence-corrected chi connectivity index (χ4v) is 3.09. The first kappa shape index (κ1) is 13.1. The third kappa shape index (κ3) is 2.43. The maximum atomic E-state index is 11.9. The van der Waals surface area contributed by atoms with E-state index < -0.39 is 0 Å². The van der Waals surface area contributed by atoms with Gasteiger partial charge in [-0.15, -0.1) is 0 Å². The van der Waals surface area contributed by atoms with Crippen LogP contribution in [-0.4, -0.2) is 30.0 Å². The van der Waals surface area contributed by atoms with Crippen LogP contribution in [0.5, 0.6) is 0 Å². The smallest absolute Gasteiger partial charge is 0.345 e. The van der Waals surface area contributed by atoms with Gasteiger partial charge in [-0.2, -0.15) is 4.37 Å². The molecule has 1 aromatic rings. The molecular weight excluding hydrogens is 250 g/mol. The molecule has 1 saturated heterocycles. The van der Waals surface area contributed by atoms with Crippen molar-refractivity contribution in [2.75, 3.05) is 30.3 Å². The van der Waals surface area contributed by atoms with Gasteiger partial charge in [0.2, 0.25) is 0 Å². The van der Waals surface area contributed by atoms with Crippen LogP contribution in [0.15, 0.2) is 0 Å². The van der Waals surface area contributed by atoms with Gasteiger partial charge in [0.25, 0.3) is 0 Å². The summed E-state index contributed by atoms with van der Waals surface area (Å²) in [5, 5.41) is 0.863. The van der Waals surface area contributed by atoms with Crippen molar-refractivity contribution in [3.63, 3.8) is 0 Å². The summed E-state index contributed by atoms with van der Waals surface area (Å²) < 4.78 is 9.13. The number of hydrogen-bond donors (Lipinski definition) is 1. The zero-order valence-corrected chi connectivity index (χ0v) is 11.6. The highest BCUT2D eigenvalue weighted by Gasteiger charge is 2.29. The Morgan fingerprint density at radius 3 is 3.00 bits per heavy atom. The third-order valence-electron chi connectivity index (χ3n) is 3.33. The fourth-order valence-electron chi connectivity index (χ4n) is 2.25. The van der Waals surface area contributed by atoms with Crippen molar-refractivity contribution in [1.82, 2.24) is 4.37 Å². The van der Waals surface area contributed by atoms with Crippen molar-refractivity contribution in [1.29, 1.82) is 0 Å². The van der Waals surface area contributed by atoms with Gasteiger partial charge < -0.3 is 15.4 Å². The Morgan fingerprint density at radius 2 is 2.39 bits per heavy atom. The molecule has 2 N–H and O–H groups in total. The molecular formula is C12H19N3O2S. The van der Waals surface area contributed by atoms with Crippen molar-refractivity contribution in [3.05, 3.63) is 5.56 Å². The molecule has 5 nitrogen and oxygen atoms in total. The van der Waals surface area contributed by atoms with E-state index in [4.69, 9.17) is 10.5 Å². The zero-order valence-electron chi connectivity index (χ0n) is 10.8. The number of nitrogen functional groups attached to an aromatic ring is 1. The third-order valence-corrected chi connectivity index (χ3v) is 4.25. The molecule has 0 bridgehead atoms. The summed E-state index contributed by atoms with van der Waals surface area (Å²) in [7, 11) is 0. The topological polar surface area (TPSA) is 68.5 Å². The minimum absolute atomic E-state index is 0.286. The fraction of sp³-hybridized carbons (Fsp3) is 0.667. The van der Waals surface area contributed by atoms with Gasteiger partial charge in [-0.25, -0.2) is 4.79 Å². The molecule has 0 radical (unpaired) electrons. The Labute approximate surface area is 111 Å². The molecule has 0 amide bonds. The molecule has 100 valence electrons. The minimum atomic E-state index is -0.362. The van der Waals surface area contributed by atoms with E-state index in [1.807, 2.05) is 0 Å². The molecule has 0 saturated carbocycles. The number of ether oxygens (including phenoxy) is 1. The van der Waals surface area contributed by atoms with Crippen LogP contribution < -0.4 is 10.6 Å². The molecule has 1 fully saturated rings. The lowest BCUT2D eigenvalue weighted by atomic mass is 10.1. The van der Waals surface area contributed by atoms with Crippen LogP contribution in [-0.2, 0) is 4.74 Å². The molecule has 18 heavy (non-hydrogen) atoms. The second kappa shape index (κ2) is 5.56. The number of anilines is 2. The van der Waals surface area contributed by atoms with E-state index in [2.05, 4.69) is 16.2 Å². The summed E-state index contributed by atoms with van der Waals surface area (Å²) in [6, 6.07) is 0. The van der Waals surface area contributed by atoms with Crippen LogP contribution in [0.25, 0.3) is 0 Å². The molecule has 2 rings (SSSR count). The maximum absolute atomic E-state index is 11.9. The van der Waals surface area contributed by atoms with Crippen LogP contribution >= 0.6 is 11.5 Å². The SMILES string of the molecule is CCOC(=O)c1c(N)nsc1N1CCC(CC)C1. The normalized spacial score (nSPS) is 19.2. The van der Waals surface area contributed by atoms with Crippen molar-refractivity contribution < 1.29 is 9.53 Å². The lowest BCUT2D eigenvalue weighted by Crippen LogP contribution is -2.21. The molecule has 6 heteroatoms. The van der Waals surface area contributed by atoms with E-state index in [1.165, 1.54) is 18.0 Å². The number of esters is 1. The zero-order chi connectivity index (χ0) is 13.1. The Morgan fingerprint density at radius 1 is 1.61 bits per heavy atom. The largest absolute Gasteiger partial charge is 0.462 e. The lowest BCUT2D eigenvalue weighted by Gasteiger charge is -2.17. The Hall–Kier alpha value is -1.30. The maximum Gasteiger partial charge on any atom is 0.345 e. The summed E-state index contributed by atoms with van der Waals surface area (Å²) in [6.45, 7) is 6.28. The summed E-state index contributed by atoms with van der Waals surface area (Å²) >= 11 is 1.29. The molecule has 1 unspecified atom stereocenters. The average molecular weight is 269 g/mol. The standard InChI is InChI=1S/C12H19N3O2S/c1-3-8-5-6-15(7-8)11-9(10(13)14-18-11)12(16)17-4-2/h8H,3-7H2,1-2H3,(H2,13,14). The number of rotatable bonds is 4. The van der Waals surface area contributed by atoms with Gasteiger partial charge in [0, 0.05) is 13.1 Å². The number of nitrogens with two attached hydrogens (primary N) is 1. The average Bonchev–Trinajstić information content (AvgIpc) is 2.95. The summed E-state index contributed by atoms with van der Waals surface area (Å²) in [5.74, 6) is 0.621. The van der Waals surface area contributed by atoms with Gasteiger partial charge in [0.05, 0.1) is 6.61 Å².